The molecule has 0 amide bonds. The van der Waals surface area contributed by atoms with Crippen molar-refractivity contribution in [3.8, 4) is 0 Å². The monoisotopic (exact) mass is 380 g/mol. The number of nitrogens with zero attached hydrogens (tertiary/aromatic N) is 2. The molecule has 150 valence electrons. The van der Waals surface area contributed by atoms with Gasteiger partial charge in [0.1, 0.15) is 0 Å². The maximum Gasteiger partial charge on any atom is 0.250 e. The molecule has 0 saturated heterocycles. The van der Waals surface area contributed by atoms with Crippen LogP contribution >= 0.6 is 0 Å². The first-order valence-corrected chi connectivity index (χ1v) is 10.4. The highest BCUT2D eigenvalue weighted by Gasteiger charge is 2.34. The van der Waals surface area contributed by atoms with E-state index in [0.717, 1.165) is 30.2 Å². The molecule has 1 saturated carbocycles. The van der Waals surface area contributed by atoms with Crippen molar-refractivity contribution in [2.75, 3.05) is 13.1 Å². The van der Waals surface area contributed by atoms with Gasteiger partial charge >= 0.3 is 0 Å². The fraction of sp³-hybridized carbons (Fsp3) is 0.478. The van der Waals surface area contributed by atoms with Gasteiger partial charge in [0.15, 0.2) is 5.96 Å². The zero-order chi connectivity index (χ0) is 19.8. The maximum atomic E-state index is 11.8. The molecule has 1 aromatic carbocycles. The number of nitrogens with one attached hydrogen (secondary N) is 2. The molecular weight excluding hydrogens is 348 g/mol. The molecule has 2 aromatic rings. The van der Waals surface area contributed by atoms with Crippen molar-refractivity contribution in [1.29, 1.82) is 0 Å². The normalized spacial score (nSPS) is 15.7. The summed E-state index contributed by atoms with van der Waals surface area (Å²) in [6.07, 6.45) is 7.04. The summed E-state index contributed by atoms with van der Waals surface area (Å²) in [5.74, 6) is 0.891. The molecule has 3 rings (SSSR count). The Morgan fingerprint density at radius 3 is 2.43 bits per heavy atom. The molecule has 0 aliphatic heterocycles. The minimum atomic E-state index is 0.0221. The second-order valence-corrected chi connectivity index (χ2v) is 7.74. The lowest BCUT2D eigenvalue weighted by molar-refractivity contribution is 0.131. The summed E-state index contributed by atoms with van der Waals surface area (Å²) < 4.78 is 1.71. The van der Waals surface area contributed by atoms with Crippen LogP contribution in [0.15, 0.2) is 58.4 Å². The number of aromatic nitrogens is 1. The summed E-state index contributed by atoms with van der Waals surface area (Å²) in [7, 11) is 0. The van der Waals surface area contributed by atoms with Gasteiger partial charge in [-0.15, -0.1) is 0 Å². The summed E-state index contributed by atoms with van der Waals surface area (Å²) in [6, 6.07) is 13.6. The molecule has 0 radical (unpaired) electrons. The maximum absolute atomic E-state index is 11.8. The van der Waals surface area contributed by atoms with Gasteiger partial charge in [-0.1, -0.05) is 43.7 Å². The Bertz CT molecular complexity index is 829. The largest absolute Gasteiger partial charge is 0.357 e. The molecule has 5 nitrogen and oxygen atoms in total. The van der Waals surface area contributed by atoms with Crippen molar-refractivity contribution in [2.24, 2.45) is 10.4 Å². The Balaban J connectivity index is 1.58. The van der Waals surface area contributed by atoms with E-state index in [0.29, 0.717) is 18.5 Å². The highest BCUT2D eigenvalue weighted by Crippen LogP contribution is 2.42. The number of pyridine rings is 1. The Morgan fingerprint density at radius 1 is 1.07 bits per heavy atom. The quantitative estimate of drug-likeness (QED) is 0.544. The highest BCUT2D eigenvalue weighted by molar-refractivity contribution is 5.79. The first kappa shape index (κ1) is 20.2. The first-order valence-electron chi connectivity index (χ1n) is 10.4. The second kappa shape index (κ2) is 9.58. The van der Waals surface area contributed by atoms with Gasteiger partial charge in [-0.2, -0.15) is 0 Å². The Hall–Kier alpha value is -2.56. The van der Waals surface area contributed by atoms with Crippen LogP contribution in [0.2, 0.25) is 0 Å². The summed E-state index contributed by atoms with van der Waals surface area (Å²) in [6.45, 7) is 7.47. The van der Waals surface area contributed by atoms with E-state index in [1.165, 1.54) is 25.7 Å². The van der Waals surface area contributed by atoms with Gasteiger partial charge in [0.25, 0.3) is 5.56 Å². The molecule has 1 aliphatic carbocycles. The molecule has 1 aliphatic rings. The summed E-state index contributed by atoms with van der Waals surface area (Å²) >= 11 is 0. The van der Waals surface area contributed by atoms with Crippen LogP contribution in [-0.4, -0.2) is 23.6 Å². The predicted molar refractivity (Wildman–Crippen MR) is 116 cm³/mol. The molecule has 0 bridgehead atoms. The zero-order valence-electron chi connectivity index (χ0n) is 17.1. The molecule has 0 atom stereocenters. The van der Waals surface area contributed by atoms with Crippen LogP contribution in [0.1, 0.15) is 50.7 Å². The summed E-state index contributed by atoms with van der Waals surface area (Å²) in [5, 5.41) is 6.88. The Labute approximate surface area is 167 Å². The highest BCUT2D eigenvalue weighted by atomic mass is 16.1. The van der Waals surface area contributed by atoms with Gasteiger partial charge < -0.3 is 15.2 Å². The average molecular weight is 381 g/mol. The second-order valence-electron chi connectivity index (χ2n) is 7.74. The van der Waals surface area contributed by atoms with Gasteiger partial charge in [0.05, 0.1) is 13.1 Å². The molecule has 2 N–H and O–H groups in total. The van der Waals surface area contributed by atoms with Gasteiger partial charge in [-0.3, -0.25) is 4.79 Å². The number of hydrogen-bond acceptors (Lipinski definition) is 2. The van der Waals surface area contributed by atoms with Crippen molar-refractivity contribution in [2.45, 2.75) is 52.6 Å². The lowest BCUT2D eigenvalue weighted by Crippen LogP contribution is -2.46. The molecule has 1 fully saturated rings. The van der Waals surface area contributed by atoms with Crippen molar-refractivity contribution in [3.05, 3.63) is 70.1 Å². The van der Waals surface area contributed by atoms with E-state index in [9.17, 15) is 4.79 Å². The fourth-order valence-corrected chi connectivity index (χ4v) is 3.65. The van der Waals surface area contributed by atoms with E-state index in [2.05, 4.69) is 48.7 Å². The third-order valence-electron chi connectivity index (χ3n) is 5.83. The van der Waals surface area contributed by atoms with E-state index in [1.54, 1.807) is 16.7 Å². The van der Waals surface area contributed by atoms with E-state index < -0.39 is 0 Å². The Kier molecular flexibility index (Phi) is 6.90. The molecule has 1 heterocycles. The van der Waals surface area contributed by atoms with E-state index in [4.69, 9.17) is 4.99 Å². The van der Waals surface area contributed by atoms with Crippen LogP contribution in [0.25, 0.3) is 0 Å². The number of rotatable bonds is 8. The smallest absolute Gasteiger partial charge is 0.250 e. The van der Waals surface area contributed by atoms with Gasteiger partial charge in [-0.25, -0.2) is 4.99 Å². The minimum Gasteiger partial charge on any atom is -0.357 e. The first-order chi connectivity index (χ1) is 13.6. The zero-order valence-corrected chi connectivity index (χ0v) is 17.1. The lowest BCUT2D eigenvalue weighted by atomic mass is 9.67. The third kappa shape index (κ3) is 5.24. The van der Waals surface area contributed by atoms with E-state index in [-0.39, 0.29) is 5.56 Å². The Morgan fingerprint density at radius 2 is 1.82 bits per heavy atom. The number of benzene rings is 1. The molecule has 0 spiro atoms. The molecular formula is C23H32N4O. The molecule has 5 heteroatoms. The van der Waals surface area contributed by atoms with Crippen molar-refractivity contribution >= 4 is 5.96 Å². The van der Waals surface area contributed by atoms with Crippen LogP contribution in [0.4, 0.5) is 0 Å². The van der Waals surface area contributed by atoms with Crippen LogP contribution < -0.4 is 16.2 Å². The summed E-state index contributed by atoms with van der Waals surface area (Å²) in [4.78, 5) is 16.6. The van der Waals surface area contributed by atoms with Crippen molar-refractivity contribution < 1.29 is 0 Å². The third-order valence-corrected chi connectivity index (χ3v) is 5.83. The van der Waals surface area contributed by atoms with Crippen LogP contribution in [0, 0.1) is 5.41 Å². The standard InChI is InChI=1S/C23H32N4O/c1-3-23(13-7-14-23)18-26-22(24-4-2)25-16-19-9-11-20(12-10-19)17-27-15-6-5-8-21(27)28/h5-6,8-12,15H,3-4,7,13-14,16-18H2,1-2H3,(H2,24,25,26). The van der Waals surface area contributed by atoms with E-state index >= 15 is 0 Å². The molecule has 0 unspecified atom stereocenters. The van der Waals surface area contributed by atoms with Crippen LogP contribution in [0.3, 0.4) is 0 Å². The molecule has 28 heavy (non-hydrogen) atoms. The number of aliphatic imine (C=N–C) groups is 1. The topological polar surface area (TPSA) is 58.4 Å². The molecule has 1 aromatic heterocycles. The predicted octanol–water partition coefficient (Wildman–Crippen LogP) is 3.53. The van der Waals surface area contributed by atoms with Gasteiger partial charge in [0.2, 0.25) is 0 Å². The van der Waals surface area contributed by atoms with E-state index in [1.807, 2.05) is 12.3 Å². The number of guanidine groups is 1. The van der Waals surface area contributed by atoms with Gasteiger partial charge in [-0.05, 0) is 48.8 Å². The number of hydrogen-bond donors (Lipinski definition) is 2. The van der Waals surface area contributed by atoms with Crippen LogP contribution in [-0.2, 0) is 13.1 Å². The lowest BCUT2D eigenvalue weighted by Gasteiger charge is -2.41. The van der Waals surface area contributed by atoms with Crippen molar-refractivity contribution in [1.82, 2.24) is 15.2 Å². The average Bonchev–Trinajstić information content (AvgIpc) is 2.68. The van der Waals surface area contributed by atoms with Gasteiger partial charge in [0, 0.05) is 25.4 Å². The SMILES string of the molecule is CCNC(=NCc1ccc(Cn2ccccc2=O)cc1)NCC1(CC)CCC1. The van der Waals surface area contributed by atoms with Crippen LogP contribution in [0.5, 0.6) is 0 Å². The summed E-state index contributed by atoms with van der Waals surface area (Å²) in [5.41, 5.74) is 2.76. The minimum absolute atomic E-state index is 0.0221. The van der Waals surface area contributed by atoms with Crippen molar-refractivity contribution in [3.63, 3.8) is 0 Å². The fourth-order valence-electron chi connectivity index (χ4n) is 3.65.